The van der Waals surface area contributed by atoms with Crippen molar-refractivity contribution in [2.45, 2.75) is 53.4 Å². The molecule has 1 heterocycles. The number of pyridine rings is 1. The monoisotopic (exact) mass is 529 g/mol. The van der Waals surface area contributed by atoms with Crippen LogP contribution in [0.4, 0.5) is 11.4 Å². The van der Waals surface area contributed by atoms with Crippen LogP contribution in [-0.2, 0) is 0 Å². The Hall–Kier alpha value is -3.25. The number of carbonyl (C=O) groups is 2. The fourth-order valence-electron chi connectivity index (χ4n) is 5.21. The second kappa shape index (κ2) is 12.1. The molecule has 0 saturated carbocycles. The van der Waals surface area contributed by atoms with E-state index >= 15 is 0 Å². The molecule has 0 fully saturated rings. The number of benzene rings is 1. The lowest BCUT2D eigenvalue weighted by atomic mass is 9.82. The van der Waals surface area contributed by atoms with Crippen molar-refractivity contribution in [1.82, 2.24) is 4.98 Å². The highest BCUT2D eigenvalue weighted by Gasteiger charge is 2.38. The predicted molar refractivity (Wildman–Crippen MR) is 147 cm³/mol. The number of ketones is 2. The average molecular weight is 530 g/mol. The molecule has 1 aromatic carbocycles. The van der Waals surface area contributed by atoms with Gasteiger partial charge in [0, 0.05) is 6.20 Å². The minimum atomic E-state index is -0.793. The van der Waals surface area contributed by atoms with Gasteiger partial charge in [0.15, 0.2) is 13.3 Å². The number of nitrogens with one attached hydrogen (secondary N) is 3. The summed E-state index contributed by atoms with van der Waals surface area (Å²) in [6.07, 6.45) is 3.69. The average Bonchev–Trinajstić information content (AvgIpc) is 2.86. The predicted octanol–water partition coefficient (Wildman–Crippen LogP) is 3.86. The minimum absolute atomic E-state index is 0.0237. The van der Waals surface area contributed by atoms with Gasteiger partial charge in [0.05, 0.1) is 54.2 Å². The van der Waals surface area contributed by atoms with Gasteiger partial charge in [0.25, 0.3) is 5.56 Å². The van der Waals surface area contributed by atoms with E-state index in [4.69, 9.17) is 0 Å². The molecule has 1 aromatic heterocycles. The molecule has 11 nitrogen and oxygen atoms in total. The molecule has 0 spiro atoms. The van der Waals surface area contributed by atoms with E-state index in [1.807, 2.05) is 27.7 Å². The van der Waals surface area contributed by atoms with Crippen molar-refractivity contribution in [2.24, 2.45) is 0 Å². The fourth-order valence-corrected chi connectivity index (χ4v) is 5.21. The quantitative estimate of drug-likeness (QED) is 0.139. The van der Waals surface area contributed by atoms with Crippen LogP contribution >= 0.6 is 0 Å². The molecule has 3 rings (SSSR count). The summed E-state index contributed by atoms with van der Waals surface area (Å²) in [6.45, 7) is 9.17. The van der Waals surface area contributed by atoms with E-state index in [0.717, 1.165) is 6.20 Å². The molecule has 38 heavy (non-hydrogen) atoms. The summed E-state index contributed by atoms with van der Waals surface area (Å²) in [5.41, 5.74) is -1.21. The molecule has 2 aromatic rings. The maximum Gasteiger partial charge on any atom is 0.260 e. The fraction of sp³-hybridized carbons (Fsp3) is 0.519. The van der Waals surface area contributed by atoms with Gasteiger partial charge in [-0.2, -0.15) is 0 Å². The number of aromatic amines is 1. The van der Waals surface area contributed by atoms with Crippen LogP contribution in [0.15, 0.2) is 23.1 Å². The first kappa shape index (κ1) is 29.3. The highest BCUT2D eigenvalue weighted by molar-refractivity contribution is 6.32. The van der Waals surface area contributed by atoms with Gasteiger partial charge < -0.3 is 40.4 Å². The number of hydrogen-bond donors (Lipinski definition) is 4. The number of anilines is 2. The summed E-state index contributed by atoms with van der Waals surface area (Å²) in [7, 11) is 0. The second-order valence-electron chi connectivity index (χ2n) is 10.0. The van der Waals surface area contributed by atoms with Gasteiger partial charge >= 0.3 is 0 Å². The lowest BCUT2D eigenvalue weighted by Crippen LogP contribution is -2.47. The Balaban J connectivity index is 2.11. The van der Waals surface area contributed by atoms with Crippen molar-refractivity contribution in [3.63, 3.8) is 0 Å². The third-order valence-electron chi connectivity index (χ3n) is 6.83. The number of aromatic hydroxyl groups is 1. The molecule has 0 saturated heterocycles. The van der Waals surface area contributed by atoms with Crippen molar-refractivity contribution in [2.75, 3.05) is 50.1 Å². The first-order valence-corrected chi connectivity index (χ1v) is 13.4. The number of quaternary nitrogens is 2. The third kappa shape index (κ3) is 5.91. The minimum Gasteiger partial charge on any atom is -0.631 e. The zero-order valence-electron chi connectivity index (χ0n) is 22.7. The van der Waals surface area contributed by atoms with E-state index in [1.165, 1.54) is 0 Å². The molecule has 0 atom stereocenters. The van der Waals surface area contributed by atoms with Crippen LogP contribution in [0.1, 0.15) is 85.2 Å². The van der Waals surface area contributed by atoms with Gasteiger partial charge in [-0.05, 0) is 37.8 Å². The van der Waals surface area contributed by atoms with Gasteiger partial charge in [-0.1, -0.05) is 27.7 Å². The maximum absolute atomic E-state index is 13.7. The molecule has 1 aliphatic rings. The Morgan fingerprint density at radius 2 is 1.11 bits per heavy atom. The lowest BCUT2D eigenvalue weighted by Gasteiger charge is -2.43. The first-order valence-electron chi connectivity index (χ1n) is 13.4. The molecule has 0 unspecified atom stereocenters. The largest absolute Gasteiger partial charge is 0.631 e. The molecule has 0 radical (unpaired) electrons. The molecule has 0 bridgehead atoms. The SMILES string of the molecule is CCC[N+]([O-])(CCC)CNc1ccc(NC[N+]([O-])(CCC)CCC)c2c1C(=O)c1c(O)c[nH]c(=O)c1C2=O. The molecular formula is C27H39N5O6. The number of nitrogens with zero attached hydrogens (tertiary/aromatic N) is 2. The number of aromatic nitrogens is 1. The molecule has 0 aliphatic heterocycles. The van der Waals surface area contributed by atoms with Crippen molar-refractivity contribution in [3.8, 4) is 5.75 Å². The molecule has 4 N–H and O–H groups in total. The van der Waals surface area contributed by atoms with Crippen LogP contribution in [-0.4, -0.2) is 70.5 Å². The topological polar surface area (TPSA) is 157 Å². The Morgan fingerprint density at radius 3 is 1.50 bits per heavy atom. The molecule has 1 aliphatic carbocycles. The zero-order valence-corrected chi connectivity index (χ0v) is 22.7. The maximum atomic E-state index is 13.7. The van der Waals surface area contributed by atoms with Crippen LogP contribution in [0.2, 0.25) is 0 Å². The molecular weight excluding hydrogens is 490 g/mol. The molecule has 208 valence electrons. The smallest absolute Gasteiger partial charge is 0.260 e. The van der Waals surface area contributed by atoms with E-state index in [9.17, 15) is 29.9 Å². The Kier molecular flexibility index (Phi) is 9.31. The van der Waals surface area contributed by atoms with Crippen LogP contribution in [0, 0.1) is 10.4 Å². The lowest BCUT2D eigenvalue weighted by molar-refractivity contribution is -0.877. The van der Waals surface area contributed by atoms with E-state index in [1.54, 1.807) is 12.1 Å². The summed E-state index contributed by atoms with van der Waals surface area (Å²) in [5.74, 6) is -1.96. The van der Waals surface area contributed by atoms with E-state index in [2.05, 4.69) is 15.6 Å². The van der Waals surface area contributed by atoms with Crippen LogP contribution in [0.3, 0.4) is 0 Å². The first-order chi connectivity index (χ1) is 18.0. The normalized spacial score (nSPS) is 13.3. The Morgan fingerprint density at radius 1 is 0.711 bits per heavy atom. The second-order valence-corrected chi connectivity index (χ2v) is 10.0. The number of rotatable bonds is 14. The summed E-state index contributed by atoms with van der Waals surface area (Å²) in [6, 6.07) is 3.17. The van der Waals surface area contributed by atoms with Gasteiger partial charge in [0.2, 0.25) is 11.6 Å². The highest BCUT2D eigenvalue weighted by Crippen LogP contribution is 2.38. The van der Waals surface area contributed by atoms with Crippen molar-refractivity contribution >= 4 is 22.9 Å². The number of fused-ring (bicyclic) bond motifs is 2. The summed E-state index contributed by atoms with van der Waals surface area (Å²) in [4.78, 5) is 42.3. The summed E-state index contributed by atoms with van der Waals surface area (Å²) < 4.78 is -1.04. The Bertz CT molecular complexity index is 1230. The zero-order chi connectivity index (χ0) is 28.1. The van der Waals surface area contributed by atoms with Crippen LogP contribution in [0.25, 0.3) is 0 Å². The summed E-state index contributed by atoms with van der Waals surface area (Å²) in [5, 5.41) is 43.1. The number of hydrogen-bond acceptors (Lipinski definition) is 8. The Labute approximate surface area is 222 Å². The van der Waals surface area contributed by atoms with Crippen molar-refractivity contribution in [3.05, 3.63) is 61.4 Å². The molecule has 0 amide bonds. The standard InChI is InChI=1S/C27H39N5O6/c1-5-11-31(37,12-6-2)16-29-18-9-10-19(30-17-32(38,13-7-3)14-8-4)22-21(18)25(34)23-20(33)15-28-27(36)24(23)26(22)35/h9-10,15,29-30,33H,5-8,11-14,16-17H2,1-4H3,(H,28,36). The summed E-state index contributed by atoms with van der Waals surface area (Å²) >= 11 is 0. The number of hydroxylamine groups is 6. The van der Waals surface area contributed by atoms with Crippen LogP contribution in [0.5, 0.6) is 5.75 Å². The van der Waals surface area contributed by atoms with Crippen LogP contribution < -0.4 is 16.2 Å². The molecule has 11 heteroatoms. The number of carbonyl (C=O) groups excluding carboxylic acids is 2. The highest BCUT2D eigenvalue weighted by atomic mass is 16.6. The number of H-pyrrole nitrogens is 1. The van der Waals surface area contributed by atoms with Crippen molar-refractivity contribution < 1.29 is 24.0 Å². The van der Waals surface area contributed by atoms with Crippen molar-refractivity contribution in [1.29, 1.82) is 0 Å². The van der Waals surface area contributed by atoms with E-state index in [-0.39, 0.29) is 41.4 Å². The van der Waals surface area contributed by atoms with E-state index < -0.39 is 37.7 Å². The van der Waals surface area contributed by atoms with Gasteiger partial charge in [0.1, 0.15) is 11.3 Å². The van der Waals surface area contributed by atoms with Gasteiger partial charge in [-0.25, -0.2) is 0 Å². The van der Waals surface area contributed by atoms with Gasteiger partial charge in [-0.3, -0.25) is 14.4 Å². The van der Waals surface area contributed by atoms with Gasteiger partial charge in [-0.15, -0.1) is 0 Å². The van der Waals surface area contributed by atoms with E-state index in [0.29, 0.717) is 51.9 Å². The third-order valence-corrected chi connectivity index (χ3v) is 6.83.